The SMILES string of the molecule is O=C1NCCOc2cc(Br)ccc21. The van der Waals surface area contributed by atoms with Crippen molar-refractivity contribution in [3.63, 3.8) is 0 Å². The molecule has 1 aromatic carbocycles. The number of hydrogen-bond acceptors (Lipinski definition) is 2. The van der Waals surface area contributed by atoms with Gasteiger partial charge in [0.25, 0.3) is 5.91 Å². The van der Waals surface area contributed by atoms with Crippen LogP contribution >= 0.6 is 15.9 Å². The summed E-state index contributed by atoms with van der Waals surface area (Å²) in [4.78, 5) is 11.4. The van der Waals surface area contributed by atoms with Gasteiger partial charge in [-0.15, -0.1) is 0 Å². The predicted octanol–water partition coefficient (Wildman–Crippen LogP) is 1.57. The third kappa shape index (κ3) is 1.67. The maximum Gasteiger partial charge on any atom is 0.255 e. The Balaban J connectivity index is 2.48. The van der Waals surface area contributed by atoms with E-state index in [1.54, 1.807) is 12.1 Å². The summed E-state index contributed by atoms with van der Waals surface area (Å²) in [6, 6.07) is 5.38. The fourth-order valence-electron chi connectivity index (χ4n) is 1.22. The first kappa shape index (κ1) is 8.56. The average molecular weight is 242 g/mol. The first-order chi connectivity index (χ1) is 6.27. The molecule has 0 aliphatic carbocycles. The van der Waals surface area contributed by atoms with Gasteiger partial charge in [-0.1, -0.05) is 15.9 Å². The lowest BCUT2D eigenvalue weighted by Crippen LogP contribution is -2.24. The van der Waals surface area contributed by atoms with Crippen molar-refractivity contribution in [2.24, 2.45) is 0 Å². The highest BCUT2D eigenvalue weighted by Crippen LogP contribution is 2.24. The Morgan fingerprint density at radius 2 is 2.31 bits per heavy atom. The molecule has 0 radical (unpaired) electrons. The normalized spacial score (nSPS) is 15.3. The van der Waals surface area contributed by atoms with Gasteiger partial charge in [0.1, 0.15) is 12.4 Å². The number of fused-ring (bicyclic) bond motifs is 1. The van der Waals surface area contributed by atoms with E-state index < -0.39 is 0 Å². The van der Waals surface area contributed by atoms with Crippen LogP contribution in [-0.4, -0.2) is 19.1 Å². The molecule has 4 heteroatoms. The van der Waals surface area contributed by atoms with Crippen LogP contribution in [0.5, 0.6) is 5.75 Å². The number of rotatable bonds is 0. The van der Waals surface area contributed by atoms with Crippen LogP contribution in [0.4, 0.5) is 0 Å². The molecule has 1 aliphatic rings. The molecule has 0 spiro atoms. The minimum absolute atomic E-state index is 0.0694. The molecule has 0 atom stereocenters. The number of hydrogen-bond donors (Lipinski definition) is 1. The highest BCUT2D eigenvalue weighted by molar-refractivity contribution is 9.10. The summed E-state index contributed by atoms with van der Waals surface area (Å²) < 4.78 is 6.30. The van der Waals surface area contributed by atoms with E-state index in [0.717, 1.165) is 4.47 Å². The van der Waals surface area contributed by atoms with Gasteiger partial charge in [-0.2, -0.15) is 0 Å². The number of ether oxygens (including phenoxy) is 1. The van der Waals surface area contributed by atoms with Crippen molar-refractivity contribution >= 4 is 21.8 Å². The van der Waals surface area contributed by atoms with Crippen LogP contribution in [0.3, 0.4) is 0 Å². The number of halogens is 1. The van der Waals surface area contributed by atoms with Crippen LogP contribution in [0.1, 0.15) is 10.4 Å². The number of amides is 1. The molecular weight excluding hydrogens is 234 g/mol. The summed E-state index contributed by atoms with van der Waals surface area (Å²) in [5.74, 6) is 0.573. The van der Waals surface area contributed by atoms with Crippen LogP contribution in [0.15, 0.2) is 22.7 Å². The summed E-state index contributed by atoms with van der Waals surface area (Å²) in [7, 11) is 0. The van der Waals surface area contributed by atoms with Crippen molar-refractivity contribution in [1.82, 2.24) is 5.32 Å². The minimum atomic E-state index is -0.0694. The summed E-state index contributed by atoms with van der Waals surface area (Å²) in [5.41, 5.74) is 0.598. The molecule has 0 aromatic heterocycles. The van der Waals surface area contributed by atoms with Gasteiger partial charge >= 0.3 is 0 Å². The standard InChI is InChI=1S/C9H8BrNO2/c10-6-1-2-7-8(5-6)13-4-3-11-9(7)12/h1-2,5H,3-4H2,(H,11,12). The van der Waals surface area contributed by atoms with E-state index in [4.69, 9.17) is 4.74 Å². The maximum absolute atomic E-state index is 11.4. The molecule has 68 valence electrons. The molecule has 1 heterocycles. The van der Waals surface area contributed by atoms with Crippen molar-refractivity contribution in [2.75, 3.05) is 13.2 Å². The second-order valence-electron chi connectivity index (χ2n) is 2.74. The molecule has 1 amide bonds. The van der Waals surface area contributed by atoms with Gasteiger partial charge in [-0.3, -0.25) is 4.79 Å². The van der Waals surface area contributed by atoms with Crippen molar-refractivity contribution in [2.45, 2.75) is 0 Å². The lowest BCUT2D eigenvalue weighted by atomic mass is 10.2. The summed E-state index contributed by atoms with van der Waals surface area (Å²) in [5, 5.41) is 2.74. The van der Waals surface area contributed by atoms with Gasteiger partial charge in [0.15, 0.2) is 0 Å². The molecule has 0 saturated carbocycles. The summed E-state index contributed by atoms with van der Waals surface area (Å²) in [6.07, 6.45) is 0. The van der Waals surface area contributed by atoms with Gasteiger partial charge < -0.3 is 10.1 Å². The third-order valence-corrected chi connectivity index (χ3v) is 2.33. The zero-order valence-corrected chi connectivity index (χ0v) is 8.43. The first-order valence-electron chi connectivity index (χ1n) is 3.98. The number of benzene rings is 1. The molecule has 0 saturated heterocycles. The van der Waals surface area contributed by atoms with E-state index in [-0.39, 0.29) is 5.91 Å². The molecule has 0 unspecified atom stereocenters. The predicted molar refractivity (Wildman–Crippen MR) is 52.0 cm³/mol. The Morgan fingerprint density at radius 1 is 1.46 bits per heavy atom. The Hall–Kier alpha value is -1.03. The zero-order chi connectivity index (χ0) is 9.26. The molecule has 1 aromatic rings. The molecule has 0 fully saturated rings. The van der Waals surface area contributed by atoms with Crippen molar-refractivity contribution in [3.8, 4) is 5.75 Å². The van der Waals surface area contributed by atoms with E-state index >= 15 is 0 Å². The van der Waals surface area contributed by atoms with E-state index in [9.17, 15) is 4.79 Å². The quantitative estimate of drug-likeness (QED) is 0.749. The fourth-order valence-corrected chi connectivity index (χ4v) is 1.56. The van der Waals surface area contributed by atoms with Crippen molar-refractivity contribution in [3.05, 3.63) is 28.2 Å². The summed E-state index contributed by atoms with van der Waals surface area (Å²) in [6.45, 7) is 1.08. The Bertz CT molecular complexity index is 351. The maximum atomic E-state index is 11.4. The van der Waals surface area contributed by atoms with Gasteiger partial charge in [-0.25, -0.2) is 0 Å². The third-order valence-electron chi connectivity index (χ3n) is 1.83. The summed E-state index contributed by atoms with van der Waals surface area (Å²) >= 11 is 3.32. The monoisotopic (exact) mass is 241 g/mol. The number of nitrogens with one attached hydrogen (secondary N) is 1. The van der Waals surface area contributed by atoms with Gasteiger partial charge in [0.2, 0.25) is 0 Å². The molecule has 1 aliphatic heterocycles. The largest absolute Gasteiger partial charge is 0.491 e. The highest BCUT2D eigenvalue weighted by Gasteiger charge is 2.15. The van der Waals surface area contributed by atoms with Crippen molar-refractivity contribution in [1.29, 1.82) is 0 Å². The van der Waals surface area contributed by atoms with Crippen molar-refractivity contribution < 1.29 is 9.53 Å². The second kappa shape index (κ2) is 3.38. The Kier molecular flexibility index (Phi) is 2.22. The highest BCUT2D eigenvalue weighted by atomic mass is 79.9. The van der Waals surface area contributed by atoms with Crippen LogP contribution in [-0.2, 0) is 0 Å². The fraction of sp³-hybridized carbons (Fsp3) is 0.222. The molecular formula is C9H8BrNO2. The van der Waals surface area contributed by atoms with Crippen LogP contribution in [0, 0.1) is 0 Å². The second-order valence-corrected chi connectivity index (χ2v) is 3.66. The van der Waals surface area contributed by atoms with Gasteiger partial charge in [-0.05, 0) is 18.2 Å². The lowest BCUT2D eigenvalue weighted by Gasteiger charge is -2.04. The van der Waals surface area contributed by atoms with Crippen LogP contribution < -0.4 is 10.1 Å². The Morgan fingerprint density at radius 3 is 3.15 bits per heavy atom. The van der Waals surface area contributed by atoms with E-state index in [0.29, 0.717) is 24.5 Å². The van der Waals surface area contributed by atoms with Crippen LogP contribution in [0.2, 0.25) is 0 Å². The molecule has 0 bridgehead atoms. The van der Waals surface area contributed by atoms with Gasteiger partial charge in [0, 0.05) is 4.47 Å². The van der Waals surface area contributed by atoms with E-state index in [1.165, 1.54) is 0 Å². The molecule has 2 rings (SSSR count). The molecule has 3 nitrogen and oxygen atoms in total. The van der Waals surface area contributed by atoms with Gasteiger partial charge in [0.05, 0.1) is 12.1 Å². The molecule has 13 heavy (non-hydrogen) atoms. The number of carbonyl (C=O) groups excluding carboxylic acids is 1. The minimum Gasteiger partial charge on any atom is -0.491 e. The Labute approximate surface area is 84.2 Å². The average Bonchev–Trinajstić information content (AvgIpc) is 2.28. The molecule has 1 N–H and O–H groups in total. The number of carbonyl (C=O) groups is 1. The van der Waals surface area contributed by atoms with Crippen LogP contribution in [0.25, 0.3) is 0 Å². The lowest BCUT2D eigenvalue weighted by molar-refractivity contribution is 0.0957. The smallest absolute Gasteiger partial charge is 0.255 e. The zero-order valence-electron chi connectivity index (χ0n) is 6.84. The topological polar surface area (TPSA) is 38.3 Å². The van der Waals surface area contributed by atoms with E-state index in [2.05, 4.69) is 21.2 Å². The van der Waals surface area contributed by atoms with E-state index in [1.807, 2.05) is 6.07 Å². The first-order valence-corrected chi connectivity index (χ1v) is 4.77.